The Morgan fingerprint density at radius 2 is 1.82 bits per heavy atom. The van der Waals surface area contributed by atoms with Gasteiger partial charge in [-0.2, -0.15) is 8.42 Å². The Kier molecular flexibility index (Phi) is 6.92. The second kappa shape index (κ2) is 10.0. The predicted molar refractivity (Wildman–Crippen MR) is 142 cm³/mol. The smallest absolute Gasteiger partial charge is 0.326 e. The highest BCUT2D eigenvalue weighted by Crippen LogP contribution is 2.40. The highest BCUT2D eigenvalue weighted by Gasteiger charge is 2.38. The van der Waals surface area contributed by atoms with E-state index in [-0.39, 0.29) is 29.5 Å². The fourth-order valence-corrected chi connectivity index (χ4v) is 6.73. The first-order chi connectivity index (χ1) is 18.0. The molecule has 2 fully saturated rings. The molecule has 0 aromatic heterocycles. The van der Waals surface area contributed by atoms with E-state index in [9.17, 15) is 21.6 Å². The topological polar surface area (TPSA) is 125 Å². The van der Waals surface area contributed by atoms with Crippen LogP contribution in [0.25, 0.3) is 10.8 Å². The van der Waals surface area contributed by atoms with Crippen molar-refractivity contribution in [2.24, 2.45) is 0 Å². The average Bonchev–Trinajstić information content (AvgIpc) is 3.14. The summed E-state index contributed by atoms with van der Waals surface area (Å²) in [7, 11) is -7.54. The number of piperidine rings is 1. The third-order valence-corrected chi connectivity index (χ3v) is 9.30. The van der Waals surface area contributed by atoms with Crippen LogP contribution in [0.4, 0.5) is 15.8 Å². The second-order valence-electron chi connectivity index (χ2n) is 9.37. The van der Waals surface area contributed by atoms with Crippen LogP contribution in [-0.4, -0.2) is 59.0 Å². The van der Waals surface area contributed by atoms with Gasteiger partial charge in [0, 0.05) is 30.2 Å². The molecule has 0 saturated carbocycles. The molecule has 0 unspecified atom stereocenters. The van der Waals surface area contributed by atoms with E-state index in [1.165, 1.54) is 10.6 Å². The minimum atomic E-state index is -4.29. The van der Waals surface area contributed by atoms with E-state index in [1.54, 1.807) is 24.3 Å². The van der Waals surface area contributed by atoms with Gasteiger partial charge in [0.2, 0.25) is 10.0 Å². The lowest BCUT2D eigenvalue weighted by Gasteiger charge is -2.31. The van der Waals surface area contributed by atoms with Crippen molar-refractivity contribution >= 4 is 48.3 Å². The van der Waals surface area contributed by atoms with Gasteiger partial charge in [0.15, 0.2) is 5.82 Å². The quantitative estimate of drug-likeness (QED) is 0.454. The van der Waals surface area contributed by atoms with Gasteiger partial charge in [-0.25, -0.2) is 26.1 Å². The van der Waals surface area contributed by atoms with Crippen LogP contribution >= 0.6 is 0 Å². The van der Waals surface area contributed by atoms with Gasteiger partial charge in [0.1, 0.15) is 24.6 Å². The molecule has 13 heteroatoms. The third-order valence-electron chi connectivity index (χ3n) is 6.62. The fraction of sp³-hybridized carbons (Fsp3) is 0.320. The number of ether oxygens (including phenoxy) is 1. The molecule has 2 heterocycles. The highest BCUT2D eigenvalue weighted by atomic mass is 32.2. The number of nitrogens with one attached hydrogen (secondary N) is 2. The molecule has 2 N–H and O–H groups in total. The maximum atomic E-state index is 16.1. The van der Waals surface area contributed by atoms with Gasteiger partial charge in [-0.15, -0.1) is 0 Å². The molecule has 38 heavy (non-hydrogen) atoms. The fourth-order valence-electron chi connectivity index (χ4n) is 4.70. The molecule has 0 aliphatic carbocycles. The van der Waals surface area contributed by atoms with Gasteiger partial charge in [0.25, 0.3) is 5.91 Å². The van der Waals surface area contributed by atoms with Gasteiger partial charge < -0.3 is 10.1 Å². The van der Waals surface area contributed by atoms with E-state index < -0.39 is 38.5 Å². The van der Waals surface area contributed by atoms with Crippen molar-refractivity contribution in [1.82, 2.24) is 9.03 Å². The first kappa shape index (κ1) is 26.2. The molecular weight excluding hydrogens is 535 g/mol. The zero-order valence-corrected chi connectivity index (χ0v) is 22.2. The van der Waals surface area contributed by atoms with Gasteiger partial charge in [-0.05, 0) is 42.0 Å². The molecule has 0 radical (unpaired) electrons. The minimum Gasteiger partial charge on any atom is -0.487 e. The largest absolute Gasteiger partial charge is 0.487 e. The molecule has 2 aliphatic rings. The second-order valence-corrected chi connectivity index (χ2v) is 12.9. The first-order valence-corrected chi connectivity index (χ1v) is 15.3. The van der Waals surface area contributed by atoms with E-state index in [1.807, 2.05) is 35.1 Å². The van der Waals surface area contributed by atoms with E-state index >= 15 is 4.39 Å². The number of hydrogen-bond acceptors (Lipinski definition) is 7. The lowest BCUT2D eigenvalue weighted by Crippen LogP contribution is -2.41. The first-order valence-electron chi connectivity index (χ1n) is 12.0. The van der Waals surface area contributed by atoms with E-state index in [0.29, 0.717) is 41.3 Å². The van der Waals surface area contributed by atoms with Crippen molar-refractivity contribution in [2.75, 3.05) is 35.5 Å². The molecule has 1 amide bonds. The summed E-state index contributed by atoms with van der Waals surface area (Å²) in [5, 5.41) is 3.97. The average molecular weight is 563 g/mol. The molecule has 202 valence electrons. The van der Waals surface area contributed by atoms with Crippen molar-refractivity contribution in [2.45, 2.75) is 25.5 Å². The number of rotatable bonds is 7. The van der Waals surface area contributed by atoms with E-state index in [4.69, 9.17) is 4.74 Å². The van der Waals surface area contributed by atoms with Crippen LogP contribution in [0.3, 0.4) is 0 Å². The van der Waals surface area contributed by atoms with Gasteiger partial charge in [-0.1, -0.05) is 36.4 Å². The predicted octanol–water partition coefficient (Wildman–Crippen LogP) is 2.57. The monoisotopic (exact) mass is 562 g/mol. The maximum Gasteiger partial charge on any atom is 0.326 e. The molecule has 0 atom stereocenters. The van der Waals surface area contributed by atoms with Gasteiger partial charge in [-0.3, -0.25) is 4.79 Å². The summed E-state index contributed by atoms with van der Waals surface area (Å²) in [6, 6.07) is 15.8. The number of amides is 1. The SMILES string of the molecule is CS(=O)(=O)N1CCC(Nc2ccc3cc(OCc4ccccc4)c(N4CC(=O)NS4(=O)=O)c(F)c3c2)CC1. The summed E-state index contributed by atoms with van der Waals surface area (Å²) in [5.74, 6) is -1.61. The summed E-state index contributed by atoms with van der Waals surface area (Å²) in [6.07, 6.45) is 2.36. The van der Waals surface area contributed by atoms with Crippen LogP contribution in [0, 0.1) is 5.82 Å². The molecule has 0 bridgehead atoms. The van der Waals surface area contributed by atoms with Crippen LogP contribution in [0.1, 0.15) is 18.4 Å². The minimum absolute atomic E-state index is 0.00668. The standard InChI is InChI=1S/C25H27FN4O6S2/c1-37(32,33)29-11-9-19(10-12-29)27-20-8-7-18-13-22(36-16-17-5-3-2-4-6-17)25(24(26)21(18)14-20)30-15-23(31)28-38(30,34)35/h2-8,13-14,19,27H,9-12,15-16H2,1H3,(H,28,31). The van der Waals surface area contributed by atoms with Crippen LogP contribution in [0.5, 0.6) is 5.75 Å². The van der Waals surface area contributed by atoms with Gasteiger partial charge >= 0.3 is 10.2 Å². The molecule has 3 aromatic rings. The Bertz CT molecular complexity index is 1590. The molecule has 2 saturated heterocycles. The number of nitrogens with zero attached hydrogens (tertiary/aromatic N) is 2. The van der Waals surface area contributed by atoms with E-state index in [2.05, 4.69) is 5.32 Å². The number of halogens is 1. The molecule has 2 aliphatic heterocycles. The van der Waals surface area contributed by atoms with E-state index in [0.717, 1.165) is 5.56 Å². The van der Waals surface area contributed by atoms with Crippen LogP contribution in [0.2, 0.25) is 0 Å². The lowest BCUT2D eigenvalue weighted by molar-refractivity contribution is -0.117. The zero-order chi connectivity index (χ0) is 27.1. The Hall–Kier alpha value is -3.42. The third kappa shape index (κ3) is 5.40. The molecule has 5 rings (SSSR count). The number of sulfonamides is 1. The summed E-state index contributed by atoms with van der Waals surface area (Å²) in [5.41, 5.74) is 1.07. The summed E-state index contributed by atoms with van der Waals surface area (Å²) < 4.78 is 74.8. The number of fused-ring (bicyclic) bond motifs is 1. The number of carbonyl (C=O) groups excluding carboxylic acids is 1. The Morgan fingerprint density at radius 3 is 2.45 bits per heavy atom. The molecule has 3 aromatic carbocycles. The van der Waals surface area contributed by atoms with Crippen molar-refractivity contribution in [3.8, 4) is 5.75 Å². The van der Waals surface area contributed by atoms with Crippen molar-refractivity contribution in [3.05, 3.63) is 66.0 Å². The maximum absolute atomic E-state index is 16.1. The van der Waals surface area contributed by atoms with Crippen molar-refractivity contribution in [3.63, 3.8) is 0 Å². The Morgan fingerprint density at radius 1 is 1.11 bits per heavy atom. The van der Waals surface area contributed by atoms with Crippen LogP contribution in [0.15, 0.2) is 54.6 Å². The van der Waals surface area contributed by atoms with Gasteiger partial charge in [0.05, 0.1) is 6.26 Å². The molecule has 10 nitrogen and oxygen atoms in total. The summed E-state index contributed by atoms with van der Waals surface area (Å²) in [6.45, 7) is 0.278. The Labute approximate surface area is 220 Å². The van der Waals surface area contributed by atoms with Crippen LogP contribution in [-0.2, 0) is 31.6 Å². The number of hydrogen-bond donors (Lipinski definition) is 2. The summed E-state index contributed by atoms with van der Waals surface area (Å²) >= 11 is 0. The molecule has 0 spiro atoms. The number of carbonyl (C=O) groups is 1. The lowest BCUT2D eigenvalue weighted by atomic mass is 10.0. The Balaban J connectivity index is 1.48. The zero-order valence-electron chi connectivity index (χ0n) is 20.6. The normalized spacial score (nSPS) is 18.5. The highest BCUT2D eigenvalue weighted by molar-refractivity contribution is 7.92. The molecular formula is C25H27FN4O6S2. The van der Waals surface area contributed by atoms with Crippen LogP contribution < -0.4 is 19.1 Å². The van der Waals surface area contributed by atoms with Crippen molar-refractivity contribution in [1.29, 1.82) is 0 Å². The number of anilines is 2. The summed E-state index contributed by atoms with van der Waals surface area (Å²) in [4.78, 5) is 11.9. The van der Waals surface area contributed by atoms with Crippen molar-refractivity contribution < 1.29 is 30.8 Å². The number of benzene rings is 3.